The molecule has 178 valence electrons. The van der Waals surface area contributed by atoms with Gasteiger partial charge in [0.1, 0.15) is 0 Å². The Morgan fingerprint density at radius 2 is 1.25 bits per heavy atom. The zero-order chi connectivity index (χ0) is 23.9. The van der Waals surface area contributed by atoms with E-state index in [1.54, 1.807) is 18.2 Å². The Labute approximate surface area is 191 Å². The summed E-state index contributed by atoms with van der Waals surface area (Å²) in [7, 11) is 0. The van der Waals surface area contributed by atoms with Gasteiger partial charge in [0, 0.05) is 11.4 Å². The van der Waals surface area contributed by atoms with E-state index in [2.05, 4.69) is 34.4 Å². The fourth-order valence-corrected chi connectivity index (χ4v) is 2.92. The molecule has 0 radical (unpaired) electrons. The summed E-state index contributed by atoms with van der Waals surface area (Å²) in [6, 6.07) is 2.80. The summed E-state index contributed by atoms with van der Waals surface area (Å²) in [5.74, 6) is 0. The molecule has 4 N–H and O–H groups in total. The van der Waals surface area contributed by atoms with Crippen LogP contribution >= 0.6 is 0 Å². The molecule has 0 saturated heterocycles. The lowest BCUT2D eigenvalue weighted by atomic mass is 10.1. The molecule has 0 bridgehead atoms. The summed E-state index contributed by atoms with van der Waals surface area (Å²) in [6.07, 6.45) is 4.81. The first-order chi connectivity index (χ1) is 15.3. The molecule has 0 aliphatic heterocycles. The molecule has 32 heavy (non-hydrogen) atoms. The first kappa shape index (κ1) is 27.2. The lowest BCUT2D eigenvalue weighted by molar-refractivity contribution is 0.136. The van der Waals surface area contributed by atoms with Gasteiger partial charge in [0.15, 0.2) is 0 Å². The van der Waals surface area contributed by atoms with Crippen LogP contribution in [0.25, 0.3) is 0 Å². The SMILES string of the molecule is C=CCOCC(CC)NC(=O)Nc1cc(NC(=O)NC(CC)COCC=C)c(C)cc1C. The lowest BCUT2D eigenvalue weighted by Crippen LogP contribution is -2.41. The molecular formula is C24H38N4O4. The van der Waals surface area contributed by atoms with E-state index in [-0.39, 0.29) is 24.1 Å². The molecule has 0 aromatic heterocycles. The van der Waals surface area contributed by atoms with Gasteiger partial charge in [-0.05, 0) is 43.9 Å². The van der Waals surface area contributed by atoms with Crippen molar-refractivity contribution < 1.29 is 19.1 Å². The van der Waals surface area contributed by atoms with Crippen LogP contribution in [0.15, 0.2) is 37.4 Å². The van der Waals surface area contributed by atoms with Crippen LogP contribution in [-0.4, -0.2) is 50.6 Å². The monoisotopic (exact) mass is 446 g/mol. The third kappa shape index (κ3) is 9.98. The maximum Gasteiger partial charge on any atom is 0.319 e. The van der Waals surface area contributed by atoms with E-state index in [1.807, 2.05) is 33.8 Å². The van der Waals surface area contributed by atoms with E-state index < -0.39 is 0 Å². The van der Waals surface area contributed by atoms with Gasteiger partial charge in [-0.1, -0.05) is 32.1 Å². The first-order valence-corrected chi connectivity index (χ1v) is 11.0. The van der Waals surface area contributed by atoms with Gasteiger partial charge in [0.2, 0.25) is 0 Å². The van der Waals surface area contributed by atoms with E-state index >= 15 is 0 Å². The maximum atomic E-state index is 12.5. The molecule has 0 heterocycles. The minimum atomic E-state index is -0.327. The van der Waals surface area contributed by atoms with Gasteiger partial charge in [-0.25, -0.2) is 9.59 Å². The van der Waals surface area contributed by atoms with Crippen molar-refractivity contribution in [3.8, 4) is 0 Å². The Balaban J connectivity index is 2.76. The fourth-order valence-electron chi connectivity index (χ4n) is 2.92. The van der Waals surface area contributed by atoms with Crippen LogP contribution in [0.4, 0.5) is 21.0 Å². The first-order valence-electron chi connectivity index (χ1n) is 11.0. The molecule has 1 aromatic rings. The van der Waals surface area contributed by atoms with E-state index in [9.17, 15) is 9.59 Å². The van der Waals surface area contributed by atoms with E-state index in [0.717, 1.165) is 24.0 Å². The second-order valence-electron chi connectivity index (χ2n) is 7.54. The number of amides is 4. The second-order valence-corrected chi connectivity index (χ2v) is 7.54. The fraction of sp³-hybridized carbons (Fsp3) is 0.500. The highest BCUT2D eigenvalue weighted by Crippen LogP contribution is 2.24. The lowest BCUT2D eigenvalue weighted by Gasteiger charge is -2.20. The Morgan fingerprint density at radius 3 is 1.59 bits per heavy atom. The highest BCUT2D eigenvalue weighted by Gasteiger charge is 2.15. The minimum absolute atomic E-state index is 0.113. The van der Waals surface area contributed by atoms with Crippen LogP contribution < -0.4 is 21.3 Å². The molecule has 0 aliphatic rings. The number of hydrogen-bond donors (Lipinski definition) is 4. The largest absolute Gasteiger partial charge is 0.375 e. The maximum absolute atomic E-state index is 12.5. The Morgan fingerprint density at radius 1 is 0.844 bits per heavy atom. The standard InChI is InChI=1S/C24H38N4O4/c1-7-11-31-15-19(9-3)25-23(29)27-21-14-22(18(6)13-17(21)5)28-24(30)26-20(10-4)16-32-12-8-2/h7-8,13-14,19-20H,1-2,9-12,15-16H2,3-6H3,(H2,25,27,29)(H2,26,28,30). The number of carbonyl (C=O) groups is 2. The molecule has 2 unspecified atom stereocenters. The van der Waals surface area contributed by atoms with Gasteiger partial charge >= 0.3 is 12.1 Å². The summed E-state index contributed by atoms with van der Waals surface area (Å²) in [4.78, 5) is 25.0. The van der Waals surface area contributed by atoms with E-state index in [1.165, 1.54) is 0 Å². The van der Waals surface area contributed by atoms with Crippen LogP contribution in [0.3, 0.4) is 0 Å². The molecule has 0 fully saturated rings. The molecule has 8 heteroatoms. The predicted octanol–water partition coefficient (Wildman–Crippen LogP) is 4.51. The van der Waals surface area contributed by atoms with Gasteiger partial charge in [-0.15, -0.1) is 13.2 Å². The van der Waals surface area contributed by atoms with Crippen molar-refractivity contribution in [3.63, 3.8) is 0 Å². The van der Waals surface area contributed by atoms with Gasteiger partial charge in [-0.2, -0.15) is 0 Å². The Kier molecular flexibility index (Phi) is 12.8. The van der Waals surface area contributed by atoms with Crippen molar-refractivity contribution in [2.45, 2.75) is 52.6 Å². The summed E-state index contributed by atoms with van der Waals surface area (Å²) >= 11 is 0. The average Bonchev–Trinajstić information content (AvgIpc) is 2.75. The Bertz CT molecular complexity index is 707. The number of carbonyl (C=O) groups excluding carboxylic acids is 2. The summed E-state index contributed by atoms with van der Waals surface area (Å²) in [5.41, 5.74) is 3.02. The van der Waals surface area contributed by atoms with Crippen LogP contribution in [0.1, 0.15) is 37.8 Å². The van der Waals surface area contributed by atoms with Crippen molar-refractivity contribution in [1.82, 2.24) is 10.6 Å². The normalized spacial score (nSPS) is 12.4. The van der Waals surface area contributed by atoms with Crippen LogP contribution in [-0.2, 0) is 9.47 Å². The highest BCUT2D eigenvalue weighted by atomic mass is 16.5. The van der Waals surface area contributed by atoms with E-state index in [4.69, 9.17) is 9.47 Å². The Hall–Kier alpha value is -2.84. The molecule has 4 amide bonds. The van der Waals surface area contributed by atoms with Crippen molar-refractivity contribution >= 4 is 23.4 Å². The number of rotatable bonds is 14. The third-order valence-electron chi connectivity index (χ3n) is 4.83. The third-order valence-corrected chi connectivity index (χ3v) is 4.83. The van der Waals surface area contributed by atoms with Crippen molar-refractivity contribution in [1.29, 1.82) is 0 Å². The summed E-state index contributed by atoms with van der Waals surface area (Å²) in [5, 5.41) is 11.5. The van der Waals surface area contributed by atoms with Gasteiger partial charge < -0.3 is 30.7 Å². The summed E-state index contributed by atoms with van der Waals surface area (Å²) in [6.45, 7) is 16.7. The quantitative estimate of drug-likeness (QED) is 0.249. The van der Waals surface area contributed by atoms with Gasteiger partial charge in [0.25, 0.3) is 0 Å². The molecule has 8 nitrogen and oxygen atoms in total. The molecule has 1 rings (SSSR count). The van der Waals surface area contributed by atoms with Crippen LogP contribution in [0.2, 0.25) is 0 Å². The van der Waals surface area contributed by atoms with Crippen molar-refractivity contribution in [3.05, 3.63) is 48.6 Å². The topological polar surface area (TPSA) is 101 Å². The van der Waals surface area contributed by atoms with Crippen LogP contribution in [0, 0.1) is 13.8 Å². The number of urea groups is 2. The molecule has 0 spiro atoms. The number of benzene rings is 1. The number of ether oxygens (including phenoxy) is 2. The summed E-state index contributed by atoms with van der Waals surface area (Å²) < 4.78 is 10.9. The number of aryl methyl sites for hydroxylation is 2. The zero-order valence-electron chi connectivity index (χ0n) is 19.8. The smallest absolute Gasteiger partial charge is 0.319 e. The van der Waals surface area contributed by atoms with Crippen molar-refractivity contribution in [2.24, 2.45) is 0 Å². The highest BCUT2D eigenvalue weighted by molar-refractivity contribution is 5.94. The van der Waals surface area contributed by atoms with Crippen molar-refractivity contribution in [2.75, 3.05) is 37.1 Å². The predicted molar refractivity (Wildman–Crippen MR) is 130 cm³/mol. The number of anilines is 2. The number of nitrogens with one attached hydrogen (secondary N) is 4. The minimum Gasteiger partial charge on any atom is -0.375 e. The molecule has 0 saturated carbocycles. The van der Waals surface area contributed by atoms with Gasteiger partial charge in [-0.3, -0.25) is 0 Å². The molecule has 1 aromatic carbocycles. The number of hydrogen-bond acceptors (Lipinski definition) is 4. The van der Waals surface area contributed by atoms with Crippen LogP contribution in [0.5, 0.6) is 0 Å². The zero-order valence-corrected chi connectivity index (χ0v) is 19.8. The molecule has 2 atom stereocenters. The van der Waals surface area contributed by atoms with Gasteiger partial charge in [0.05, 0.1) is 38.5 Å². The molecular weight excluding hydrogens is 408 g/mol. The molecule has 0 aliphatic carbocycles. The average molecular weight is 447 g/mol. The van der Waals surface area contributed by atoms with E-state index in [0.29, 0.717) is 37.8 Å². The second kappa shape index (κ2) is 15.0.